The molecular formula is C13H18Cl2N2O. The first kappa shape index (κ1) is 13.8. The van der Waals surface area contributed by atoms with E-state index in [-0.39, 0.29) is 18.6 Å². The lowest BCUT2D eigenvalue weighted by Gasteiger charge is -2.32. The molecule has 1 aromatic rings. The zero-order chi connectivity index (χ0) is 13.1. The van der Waals surface area contributed by atoms with Crippen molar-refractivity contribution in [1.29, 1.82) is 0 Å². The predicted molar refractivity (Wildman–Crippen MR) is 77.3 cm³/mol. The van der Waals surface area contributed by atoms with Gasteiger partial charge in [-0.15, -0.1) is 0 Å². The molecule has 1 aliphatic carbocycles. The Kier molecular flexibility index (Phi) is 4.60. The van der Waals surface area contributed by atoms with Gasteiger partial charge in [0.15, 0.2) is 0 Å². The van der Waals surface area contributed by atoms with Crippen molar-refractivity contribution in [2.45, 2.75) is 31.7 Å². The minimum Gasteiger partial charge on any atom is -0.397 e. The Morgan fingerprint density at radius 1 is 1.22 bits per heavy atom. The van der Waals surface area contributed by atoms with Crippen molar-refractivity contribution in [3.63, 3.8) is 0 Å². The summed E-state index contributed by atoms with van der Waals surface area (Å²) in [4.78, 5) is 0. The van der Waals surface area contributed by atoms with Crippen molar-refractivity contribution in [2.75, 3.05) is 17.7 Å². The number of aliphatic hydroxyl groups is 1. The van der Waals surface area contributed by atoms with E-state index in [2.05, 4.69) is 5.32 Å². The molecule has 0 spiro atoms. The molecule has 0 bridgehead atoms. The van der Waals surface area contributed by atoms with Crippen molar-refractivity contribution >= 4 is 34.6 Å². The van der Waals surface area contributed by atoms with Gasteiger partial charge in [-0.2, -0.15) is 0 Å². The first-order valence-electron chi connectivity index (χ1n) is 6.23. The van der Waals surface area contributed by atoms with E-state index in [0.29, 0.717) is 15.7 Å². The fraction of sp³-hybridized carbons (Fsp3) is 0.538. The molecule has 0 aromatic heterocycles. The maximum atomic E-state index is 9.39. The average molecular weight is 289 g/mol. The highest BCUT2D eigenvalue weighted by molar-refractivity contribution is 6.42. The van der Waals surface area contributed by atoms with E-state index in [9.17, 15) is 5.11 Å². The number of anilines is 2. The van der Waals surface area contributed by atoms with Crippen LogP contribution >= 0.6 is 23.2 Å². The lowest BCUT2D eigenvalue weighted by atomic mass is 9.85. The summed E-state index contributed by atoms with van der Waals surface area (Å²) in [5, 5.41) is 13.7. The lowest BCUT2D eigenvalue weighted by Crippen LogP contribution is -2.34. The van der Waals surface area contributed by atoms with Crippen LogP contribution in [0.5, 0.6) is 0 Å². The molecule has 0 saturated heterocycles. The summed E-state index contributed by atoms with van der Waals surface area (Å²) in [6.45, 7) is 0.207. The summed E-state index contributed by atoms with van der Waals surface area (Å²) in [5.41, 5.74) is 7.32. The summed E-state index contributed by atoms with van der Waals surface area (Å²) in [7, 11) is 0. The molecule has 18 heavy (non-hydrogen) atoms. The molecule has 2 rings (SSSR count). The van der Waals surface area contributed by atoms with Crippen LogP contribution in [-0.2, 0) is 0 Å². The van der Waals surface area contributed by atoms with Gasteiger partial charge < -0.3 is 16.2 Å². The van der Waals surface area contributed by atoms with Gasteiger partial charge in [0.25, 0.3) is 0 Å². The van der Waals surface area contributed by atoms with E-state index in [1.807, 2.05) is 0 Å². The molecule has 2 unspecified atom stereocenters. The van der Waals surface area contributed by atoms with Gasteiger partial charge >= 0.3 is 0 Å². The van der Waals surface area contributed by atoms with Gasteiger partial charge in [-0.05, 0) is 25.0 Å². The summed E-state index contributed by atoms with van der Waals surface area (Å²) < 4.78 is 0. The molecular weight excluding hydrogens is 271 g/mol. The molecule has 0 heterocycles. The van der Waals surface area contributed by atoms with E-state index in [0.717, 1.165) is 18.5 Å². The summed E-state index contributed by atoms with van der Waals surface area (Å²) in [5.74, 6) is 0.285. The second-order valence-electron chi connectivity index (χ2n) is 4.83. The average Bonchev–Trinajstić information content (AvgIpc) is 2.36. The molecule has 1 aromatic carbocycles. The van der Waals surface area contributed by atoms with Crippen LogP contribution in [0.15, 0.2) is 12.1 Å². The Labute approximate surface area is 117 Å². The van der Waals surface area contributed by atoms with Crippen LogP contribution < -0.4 is 11.1 Å². The maximum Gasteiger partial charge on any atom is 0.0614 e. The first-order chi connectivity index (χ1) is 8.61. The van der Waals surface area contributed by atoms with Crippen LogP contribution in [0, 0.1) is 5.92 Å². The number of benzene rings is 1. The minimum atomic E-state index is 0.207. The fourth-order valence-corrected chi connectivity index (χ4v) is 2.84. The normalized spacial score (nSPS) is 23.9. The van der Waals surface area contributed by atoms with Crippen LogP contribution in [0.4, 0.5) is 11.4 Å². The third-order valence-electron chi connectivity index (χ3n) is 3.58. The summed E-state index contributed by atoms with van der Waals surface area (Å²) in [6.07, 6.45) is 4.45. The summed E-state index contributed by atoms with van der Waals surface area (Å²) in [6, 6.07) is 3.66. The van der Waals surface area contributed by atoms with Gasteiger partial charge in [-0.25, -0.2) is 0 Å². The van der Waals surface area contributed by atoms with Crippen LogP contribution in [0.25, 0.3) is 0 Å². The lowest BCUT2D eigenvalue weighted by molar-refractivity contribution is 0.178. The van der Waals surface area contributed by atoms with E-state index in [1.165, 1.54) is 12.8 Å². The zero-order valence-electron chi connectivity index (χ0n) is 10.1. The second-order valence-corrected chi connectivity index (χ2v) is 5.65. The SMILES string of the molecule is Nc1cc(Cl)c(Cl)cc1NC1CCCCC1CO. The molecule has 100 valence electrons. The Balaban J connectivity index is 2.15. The monoisotopic (exact) mass is 288 g/mol. The predicted octanol–water partition coefficient (Wildman–Crippen LogP) is 3.54. The minimum absolute atomic E-state index is 0.207. The molecule has 3 nitrogen and oxygen atoms in total. The standard InChI is InChI=1S/C13H18Cl2N2O/c14-9-5-11(16)13(6-10(9)15)17-12-4-2-1-3-8(12)7-18/h5-6,8,12,17-18H,1-4,7,16H2. The number of aliphatic hydroxyl groups excluding tert-OH is 1. The van der Waals surface area contributed by atoms with Crippen molar-refractivity contribution in [1.82, 2.24) is 0 Å². The van der Waals surface area contributed by atoms with Gasteiger partial charge in [0.05, 0.1) is 21.4 Å². The van der Waals surface area contributed by atoms with Crippen molar-refractivity contribution < 1.29 is 5.11 Å². The highest BCUT2D eigenvalue weighted by Crippen LogP contribution is 2.33. The zero-order valence-corrected chi connectivity index (χ0v) is 11.6. The van der Waals surface area contributed by atoms with E-state index in [1.54, 1.807) is 12.1 Å². The highest BCUT2D eigenvalue weighted by Gasteiger charge is 2.24. The van der Waals surface area contributed by atoms with Crippen LogP contribution in [0.2, 0.25) is 10.0 Å². The Bertz CT molecular complexity index is 426. The highest BCUT2D eigenvalue weighted by atomic mass is 35.5. The number of halogens is 2. The van der Waals surface area contributed by atoms with E-state index < -0.39 is 0 Å². The molecule has 0 aliphatic heterocycles. The maximum absolute atomic E-state index is 9.39. The molecule has 2 atom stereocenters. The van der Waals surface area contributed by atoms with Crippen molar-refractivity contribution in [3.8, 4) is 0 Å². The number of rotatable bonds is 3. The van der Waals surface area contributed by atoms with Gasteiger partial charge in [-0.1, -0.05) is 36.0 Å². The van der Waals surface area contributed by atoms with Gasteiger partial charge in [0, 0.05) is 18.6 Å². The third-order valence-corrected chi connectivity index (χ3v) is 4.30. The molecule has 0 radical (unpaired) electrons. The van der Waals surface area contributed by atoms with Gasteiger partial charge in [0.1, 0.15) is 0 Å². The molecule has 0 amide bonds. The molecule has 5 heteroatoms. The molecule has 1 fully saturated rings. The molecule has 4 N–H and O–H groups in total. The van der Waals surface area contributed by atoms with Crippen LogP contribution in [0.1, 0.15) is 25.7 Å². The van der Waals surface area contributed by atoms with E-state index >= 15 is 0 Å². The third kappa shape index (κ3) is 3.02. The Morgan fingerprint density at radius 3 is 2.61 bits per heavy atom. The number of nitrogens with one attached hydrogen (secondary N) is 1. The van der Waals surface area contributed by atoms with Gasteiger partial charge in [-0.3, -0.25) is 0 Å². The van der Waals surface area contributed by atoms with Crippen LogP contribution in [0.3, 0.4) is 0 Å². The Hall–Kier alpha value is -0.640. The largest absolute Gasteiger partial charge is 0.397 e. The molecule has 1 aliphatic rings. The van der Waals surface area contributed by atoms with Gasteiger partial charge in [0.2, 0.25) is 0 Å². The number of nitrogens with two attached hydrogens (primary N) is 1. The molecule has 1 saturated carbocycles. The fourth-order valence-electron chi connectivity index (χ4n) is 2.50. The first-order valence-corrected chi connectivity index (χ1v) is 6.99. The number of nitrogen functional groups attached to an aromatic ring is 1. The van der Waals surface area contributed by atoms with Crippen molar-refractivity contribution in [3.05, 3.63) is 22.2 Å². The quantitative estimate of drug-likeness (QED) is 0.746. The van der Waals surface area contributed by atoms with Crippen molar-refractivity contribution in [2.24, 2.45) is 5.92 Å². The van der Waals surface area contributed by atoms with E-state index in [4.69, 9.17) is 28.9 Å². The van der Waals surface area contributed by atoms with Crippen LogP contribution in [-0.4, -0.2) is 17.8 Å². The summed E-state index contributed by atoms with van der Waals surface area (Å²) >= 11 is 11.9. The second kappa shape index (κ2) is 6.00. The Morgan fingerprint density at radius 2 is 1.89 bits per heavy atom. The topological polar surface area (TPSA) is 58.3 Å². The number of hydrogen-bond acceptors (Lipinski definition) is 3. The number of hydrogen-bond donors (Lipinski definition) is 3. The smallest absolute Gasteiger partial charge is 0.0614 e.